The largest absolute Gasteiger partial charge is 0.479 e. The summed E-state index contributed by atoms with van der Waals surface area (Å²) >= 11 is 0. The van der Waals surface area contributed by atoms with Crippen LogP contribution in [0.3, 0.4) is 0 Å². The molecular formula is C18H33N5O8. The quantitative estimate of drug-likeness (QED) is 0.141. The van der Waals surface area contributed by atoms with Gasteiger partial charge in [0.15, 0.2) is 11.6 Å². The highest BCUT2D eigenvalue weighted by molar-refractivity contribution is 6.20. The first-order valence-electron chi connectivity index (χ1n) is 9.58. The standard InChI is InChI=1S/C18H33N5O8/c1-7(2)12(11(26)5-19)18(17(30)31,14(27)8(3)20)23(15(28)10(21)6-24)16(29)13(22)9(4)25/h7-10,12-13,24-25H,5-6,19-22H2,1-4H3,(H,30,31). The highest BCUT2D eigenvalue weighted by atomic mass is 16.4. The molecule has 0 spiro atoms. The van der Waals surface area contributed by atoms with E-state index < -0.39 is 84.1 Å². The van der Waals surface area contributed by atoms with Crippen molar-refractivity contribution in [1.29, 1.82) is 0 Å². The highest BCUT2D eigenvalue weighted by Crippen LogP contribution is 2.35. The number of rotatable bonds is 12. The van der Waals surface area contributed by atoms with Crippen LogP contribution in [0.1, 0.15) is 27.7 Å². The molecule has 0 heterocycles. The van der Waals surface area contributed by atoms with Gasteiger partial charge in [-0.05, 0) is 19.8 Å². The summed E-state index contributed by atoms with van der Waals surface area (Å²) in [6.07, 6.45) is -1.58. The maximum absolute atomic E-state index is 13.3. The molecule has 178 valence electrons. The van der Waals surface area contributed by atoms with E-state index in [-0.39, 0.29) is 4.90 Å². The Labute approximate surface area is 179 Å². The Morgan fingerprint density at radius 3 is 1.74 bits per heavy atom. The van der Waals surface area contributed by atoms with Crippen LogP contribution in [0.15, 0.2) is 0 Å². The molecule has 13 nitrogen and oxygen atoms in total. The SMILES string of the molecule is CC(N)C(=O)C(C(=O)O)(C(C(=O)CN)C(C)C)N(C(=O)C(N)CO)C(=O)C(N)C(C)O. The molecule has 13 heteroatoms. The van der Waals surface area contributed by atoms with Crippen LogP contribution in [-0.4, -0.2) is 92.5 Å². The number of carboxylic acid groups (broad SMARTS) is 1. The maximum atomic E-state index is 13.3. The number of hydrogen-bond donors (Lipinski definition) is 7. The van der Waals surface area contributed by atoms with Crippen molar-refractivity contribution >= 4 is 29.4 Å². The number of aliphatic hydroxyl groups excluding tert-OH is 2. The molecule has 6 unspecified atom stereocenters. The molecule has 0 aliphatic heterocycles. The molecule has 2 amide bonds. The topological polar surface area (TPSA) is 253 Å². The minimum Gasteiger partial charge on any atom is -0.479 e. The summed E-state index contributed by atoms with van der Waals surface area (Å²) in [6.45, 7) is 3.24. The number of ketones is 2. The molecular weight excluding hydrogens is 414 g/mol. The van der Waals surface area contributed by atoms with E-state index >= 15 is 0 Å². The first kappa shape index (κ1) is 28.7. The lowest BCUT2D eigenvalue weighted by atomic mass is 9.68. The molecule has 0 saturated carbocycles. The van der Waals surface area contributed by atoms with Gasteiger partial charge in [-0.1, -0.05) is 13.8 Å². The van der Waals surface area contributed by atoms with Crippen LogP contribution >= 0.6 is 0 Å². The monoisotopic (exact) mass is 447 g/mol. The van der Waals surface area contributed by atoms with Gasteiger partial charge >= 0.3 is 5.97 Å². The van der Waals surface area contributed by atoms with E-state index in [1.807, 2.05) is 0 Å². The number of carbonyl (C=O) groups is 5. The van der Waals surface area contributed by atoms with Gasteiger partial charge in [-0.2, -0.15) is 0 Å². The van der Waals surface area contributed by atoms with E-state index in [1.54, 1.807) is 0 Å². The molecule has 0 aromatic carbocycles. The third-order valence-corrected chi connectivity index (χ3v) is 4.89. The van der Waals surface area contributed by atoms with Crippen molar-refractivity contribution in [2.75, 3.05) is 13.2 Å². The number of Topliss-reactive ketones (excluding diaryl/α,β-unsaturated/α-hetero) is 2. The van der Waals surface area contributed by atoms with Crippen molar-refractivity contribution in [3.05, 3.63) is 0 Å². The van der Waals surface area contributed by atoms with Crippen LogP contribution in [0.25, 0.3) is 0 Å². The Hall–Kier alpha value is -2.29. The number of amides is 2. The van der Waals surface area contributed by atoms with Gasteiger partial charge in [0.2, 0.25) is 17.4 Å². The highest BCUT2D eigenvalue weighted by Gasteiger charge is 2.64. The number of aliphatic hydroxyl groups is 2. The molecule has 0 aromatic heterocycles. The molecule has 0 saturated heterocycles. The lowest BCUT2D eigenvalue weighted by Crippen LogP contribution is -2.76. The number of imide groups is 1. The Bertz CT molecular complexity index is 711. The third kappa shape index (κ3) is 5.50. The average molecular weight is 447 g/mol. The second-order valence-electron chi connectivity index (χ2n) is 7.68. The Morgan fingerprint density at radius 2 is 1.45 bits per heavy atom. The summed E-state index contributed by atoms with van der Waals surface area (Å²) in [5.41, 5.74) is 19.1. The fourth-order valence-corrected chi connectivity index (χ4v) is 3.35. The molecule has 0 fully saturated rings. The zero-order valence-electron chi connectivity index (χ0n) is 18.0. The number of aliphatic carboxylic acids is 1. The minimum absolute atomic E-state index is 0.0441. The fraction of sp³-hybridized carbons (Fsp3) is 0.722. The van der Waals surface area contributed by atoms with Crippen LogP contribution in [-0.2, 0) is 24.0 Å². The van der Waals surface area contributed by atoms with Crippen LogP contribution in [0.2, 0.25) is 0 Å². The van der Waals surface area contributed by atoms with Gasteiger partial charge in [0.25, 0.3) is 0 Å². The third-order valence-electron chi connectivity index (χ3n) is 4.89. The van der Waals surface area contributed by atoms with Crippen molar-refractivity contribution in [3.63, 3.8) is 0 Å². The van der Waals surface area contributed by atoms with Crippen molar-refractivity contribution in [1.82, 2.24) is 4.90 Å². The number of carbonyl (C=O) groups excluding carboxylic acids is 4. The van der Waals surface area contributed by atoms with E-state index in [4.69, 9.17) is 22.9 Å². The first-order chi connectivity index (χ1) is 14.1. The van der Waals surface area contributed by atoms with Gasteiger partial charge in [0.1, 0.15) is 12.1 Å². The van der Waals surface area contributed by atoms with E-state index in [2.05, 4.69) is 0 Å². The first-order valence-corrected chi connectivity index (χ1v) is 9.58. The summed E-state index contributed by atoms with van der Waals surface area (Å²) in [7, 11) is 0. The van der Waals surface area contributed by atoms with Crippen molar-refractivity contribution in [2.24, 2.45) is 34.8 Å². The van der Waals surface area contributed by atoms with E-state index in [1.165, 1.54) is 13.8 Å². The Balaban J connectivity index is 7.56. The van der Waals surface area contributed by atoms with Gasteiger partial charge in [-0.25, -0.2) is 4.79 Å². The van der Waals surface area contributed by atoms with Gasteiger partial charge in [-0.15, -0.1) is 0 Å². The molecule has 31 heavy (non-hydrogen) atoms. The molecule has 0 bridgehead atoms. The second kappa shape index (κ2) is 11.4. The summed E-state index contributed by atoms with van der Waals surface area (Å²) in [5, 5.41) is 29.3. The zero-order valence-corrected chi connectivity index (χ0v) is 18.0. The Morgan fingerprint density at radius 1 is 0.968 bits per heavy atom. The van der Waals surface area contributed by atoms with Crippen LogP contribution in [0.4, 0.5) is 0 Å². The molecule has 11 N–H and O–H groups in total. The van der Waals surface area contributed by atoms with Crippen LogP contribution in [0.5, 0.6) is 0 Å². The molecule has 6 atom stereocenters. The fourth-order valence-electron chi connectivity index (χ4n) is 3.35. The second-order valence-corrected chi connectivity index (χ2v) is 7.68. The number of hydrogen-bond acceptors (Lipinski definition) is 11. The predicted octanol–water partition coefficient (Wildman–Crippen LogP) is -4.09. The summed E-state index contributed by atoms with van der Waals surface area (Å²) < 4.78 is 0. The van der Waals surface area contributed by atoms with E-state index in [9.17, 15) is 39.3 Å². The van der Waals surface area contributed by atoms with Crippen molar-refractivity contribution in [2.45, 2.75) is 57.5 Å². The van der Waals surface area contributed by atoms with Gasteiger partial charge < -0.3 is 38.3 Å². The van der Waals surface area contributed by atoms with Crippen molar-refractivity contribution < 1.29 is 39.3 Å². The molecule has 0 rings (SSSR count). The average Bonchev–Trinajstić information content (AvgIpc) is 2.69. The lowest BCUT2D eigenvalue weighted by molar-refractivity contribution is -0.180. The molecule has 0 radical (unpaired) electrons. The number of nitrogens with two attached hydrogens (primary N) is 4. The molecule has 0 aliphatic carbocycles. The number of nitrogens with zero attached hydrogens (tertiary/aromatic N) is 1. The summed E-state index contributed by atoms with van der Waals surface area (Å²) in [5.74, 6) is -10.1. The van der Waals surface area contributed by atoms with Gasteiger partial charge in [-0.3, -0.25) is 24.1 Å². The minimum atomic E-state index is -3.17. The molecule has 0 aromatic rings. The smallest absolute Gasteiger partial charge is 0.338 e. The van der Waals surface area contributed by atoms with Gasteiger partial charge in [0.05, 0.1) is 31.2 Å². The zero-order chi connectivity index (χ0) is 24.8. The predicted molar refractivity (Wildman–Crippen MR) is 108 cm³/mol. The number of carboxylic acids is 1. The van der Waals surface area contributed by atoms with Crippen LogP contribution in [0, 0.1) is 11.8 Å². The Kier molecular flexibility index (Phi) is 10.5. The van der Waals surface area contributed by atoms with Gasteiger partial charge in [0, 0.05) is 0 Å². The van der Waals surface area contributed by atoms with Crippen molar-refractivity contribution in [3.8, 4) is 0 Å². The van der Waals surface area contributed by atoms with E-state index in [0.29, 0.717) is 0 Å². The van der Waals surface area contributed by atoms with Crippen LogP contribution < -0.4 is 22.9 Å². The summed E-state index contributed by atoms with van der Waals surface area (Å²) in [4.78, 5) is 64.8. The summed E-state index contributed by atoms with van der Waals surface area (Å²) in [6, 6.07) is -5.26. The maximum Gasteiger partial charge on any atom is 0.338 e. The molecule has 0 aliphatic rings. The normalized spacial score (nSPS) is 18.3. The van der Waals surface area contributed by atoms with E-state index in [0.717, 1.165) is 13.8 Å². The lowest BCUT2D eigenvalue weighted by Gasteiger charge is -2.46.